The lowest BCUT2D eigenvalue weighted by Gasteiger charge is -2.35. The van der Waals surface area contributed by atoms with Crippen molar-refractivity contribution in [1.29, 1.82) is 0 Å². The normalized spacial score (nSPS) is 15.8. The minimum absolute atomic E-state index is 0.0582. The Balaban J connectivity index is 1.79. The number of esters is 1. The first-order valence-electron chi connectivity index (χ1n) is 12.0. The third-order valence-corrected chi connectivity index (χ3v) is 8.39. The number of methoxy groups -OCH3 is 1. The van der Waals surface area contributed by atoms with E-state index in [4.69, 9.17) is 16.3 Å². The molecule has 3 aromatic rings. The Labute approximate surface area is 233 Å². The van der Waals surface area contributed by atoms with E-state index in [9.17, 15) is 30.8 Å². The summed E-state index contributed by atoms with van der Waals surface area (Å²) in [5.41, 5.74) is 0.0696. The van der Waals surface area contributed by atoms with Gasteiger partial charge >= 0.3 is 12.1 Å². The van der Waals surface area contributed by atoms with Crippen LogP contribution in [0.3, 0.4) is 0 Å². The lowest BCUT2D eigenvalue weighted by atomic mass is 10.0. The van der Waals surface area contributed by atoms with Gasteiger partial charge in [0.15, 0.2) is 0 Å². The quantitative estimate of drug-likeness (QED) is 0.167. The molecule has 12 heteroatoms. The van der Waals surface area contributed by atoms with Gasteiger partial charge in [-0.2, -0.15) is 13.2 Å². The number of hydrogen-bond donors (Lipinski definition) is 0. The van der Waals surface area contributed by atoms with Crippen LogP contribution < -0.4 is 9.04 Å². The minimum Gasteiger partial charge on any atom is -0.486 e. The fourth-order valence-electron chi connectivity index (χ4n) is 4.33. The van der Waals surface area contributed by atoms with Gasteiger partial charge in [0.2, 0.25) is 0 Å². The molecule has 1 unspecified atom stereocenters. The van der Waals surface area contributed by atoms with Crippen molar-refractivity contribution in [1.82, 2.24) is 0 Å². The molecule has 0 bridgehead atoms. The van der Waals surface area contributed by atoms with Crippen molar-refractivity contribution in [2.75, 3.05) is 18.0 Å². The first-order valence-corrected chi connectivity index (χ1v) is 13.8. The summed E-state index contributed by atoms with van der Waals surface area (Å²) in [4.78, 5) is 11.1. The molecule has 212 valence electrons. The predicted molar refractivity (Wildman–Crippen MR) is 143 cm³/mol. The Hall–Kier alpha value is -3.57. The van der Waals surface area contributed by atoms with Gasteiger partial charge in [-0.1, -0.05) is 35.9 Å². The van der Waals surface area contributed by atoms with E-state index in [0.717, 1.165) is 22.5 Å². The van der Waals surface area contributed by atoms with Gasteiger partial charge in [0.1, 0.15) is 17.7 Å². The molecule has 0 saturated heterocycles. The Morgan fingerprint density at radius 1 is 1.15 bits per heavy atom. The molecule has 0 spiro atoms. The molecule has 0 saturated carbocycles. The highest BCUT2D eigenvalue weighted by Gasteiger charge is 2.37. The number of carbonyl (C=O) groups excluding carboxylic acids is 1. The fourth-order valence-corrected chi connectivity index (χ4v) is 6.19. The second-order valence-electron chi connectivity index (χ2n) is 9.07. The van der Waals surface area contributed by atoms with Crippen molar-refractivity contribution in [3.05, 3.63) is 88.2 Å². The number of alkyl halides is 3. The van der Waals surface area contributed by atoms with E-state index in [0.29, 0.717) is 17.2 Å². The number of sulfonamides is 1. The van der Waals surface area contributed by atoms with E-state index < -0.39 is 44.5 Å². The van der Waals surface area contributed by atoms with Gasteiger partial charge in [0, 0.05) is 12.0 Å². The predicted octanol–water partition coefficient (Wildman–Crippen LogP) is 6.97. The number of anilines is 1. The van der Waals surface area contributed by atoms with E-state index in [2.05, 4.69) is 4.74 Å². The molecule has 1 heterocycles. The molecule has 0 radical (unpaired) electrons. The van der Waals surface area contributed by atoms with Gasteiger partial charge in [0.25, 0.3) is 10.0 Å². The molecular formula is C28H24ClF4NO5S. The highest BCUT2D eigenvalue weighted by molar-refractivity contribution is 7.92. The van der Waals surface area contributed by atoms with Gasteiger partial charge < -0.3 is 9.47 Å². The molecule has 0 N–H and O–H groups in total. The van der Waals surface area contributed by atoms with Gasteiger partial charge in [-0.3, -0.25) is 9.10 Å². The monoisotopic (exact) mass is 597 g/mol. The summed E-state index contributed by atoms with van der Waals surface area (Å²) in [6, 6.07) is 12.3. The molecular weight excluding hydrogens is 574 g/mol. The number of allylic oxidation sites excluding steroid dienone is 1. The summed E-state index contributed by atoms with van der Waals surface area (Å²) in [6.45, 7) is 1.37. The van der Waals surface area contributed by atoms with Crippen LogP contribution in [-0.4, -0.2) is 34.1 Å². The van der Waals surface area contributed by atoms with Crippen molar-refractivity contribution in [2.45, 2.75) is 36.9 Å². The SMILES string of the molecule is COC(=O)CCC1CN(S(=O)(=O)c2cccc(C(F)(F)F)c2)c2cc(/C=C(\C)c3c(F)cccc3Cl)ccc2O1. The molecule has 0 aliphatic carbocycles. The number of rotatable bonds is 7. The fraction of sp³-hybridized carbons (Fsp3) is 0.250. The zero-order valence-electron chi connectivity index (χ0n) is 21.3. The number of carbonyl (C=O) groups is 1. The summed E-state index contributed by atoms with van der Waals surface area (Å²) in [7, 11) is -3.29. The number of fused-ring (bicyclic) bond motifs is 1. The van der Waals surface area contributed by atoms with Gasteiger partial charge in [-0.05, 0) is 66.9 Å². The summed E-state index contributed by atoms with van der Waals surface area (Å²) in [5, 5.41) is 0.192. The van der Waals surface area contributed by atoms with Crippen LogP contribution in [0.5, 0.6) is 5.75 Å². The summed E-state index contributed by atoms with van der Waals surface area (Å²) in [6.07, 6.45) is -3.89. The Morgan fingerprint density at radius 3 is 2.55 bits per heavy atom. The second kappa shape index (κ2) is 11.5. The Bertz CT molecular complexity index is 1550. The molecule has 1 atom stereocenters. The summed E-state index contributed by atoms with van der Waals surface area (Å²) < 4.78 is 93.6. The van der Waals surface area contributed by atoms with Crippen LogP contribution in [0.25, 0.3) is 11.6 Å². The van der Waals surface area contributed by atoms with Crippen molar-refractivity contribution in [3.63, 3.8) is 0 Å². The van der Waals surface area contributed by atoms with Crippen LogP contribution in [0.4, 0.5) is 23.2 Å². The van der Waals surface area contributed by atoms with E-state index in [1.807, 2.05) is 0 Å². The zero-order chi connectivity index (χ0) is 29.2. The topological polar surface area (TPSA) is 72.9 Å². The summed E-state index contributed by atoms with van der Waals surface area (Å²) in [5.74, 6) is -0.912. The Kier molecular flexibility index (Phi) is 8.46. The smallest absolute Gasteiger partial charge is 0.416 e. The van der Waals surface area contributed by atoms with E-state index in [-0.39, 0.29) is 41.4 Å². The largest absolute Gasteiger partial charge is 0.486 e. The van der Waals surface area contributed by atoms with Crippen LogP contribution in [-0.2, 0) is 25.7 Å². The van der Waals surface area contributed by atoms with Gasteiger partial charge in [0.05, 0.1) is 34.8 Å². The van der Waals surface area contributed by atoms with Crippen LogP contribution in [0.1, 0.15) is 36.5 Å². The lowest BCUT2D eigenvalue weighted by molar-refractivity contribution is -0.141. The van der Waals surface area contributed by atoms with Crippen LogP contribution in [0.15, 0.2) is 65.6 Å². The highest BCUT2D eigenvalue weighted by Crippen LogP contribution is 2.40. The molecule has 4 rings (SSSR count). The molecule has 0 aromatic heterocycles. The maximum atomic E-state index is 14.5. The zero-order valence-corrected chi connectivity index (χ0v) is 22.9. The second-order valence-corrected chi connectivity index (χ2v) is 11.3. The summed E-state index contributed by atoms with van der Waals surface area (Å²) >= 11 is 6.18. The molecule has 0 fully saturated rings. The maximum absolute atomic E-state index is 14.5. The minimum atomic E-state index is -4.75. The molecule has 1 aliphatic heterocycles. The molecule has 3 aromatic carbocycles. The average Bonchev–Trinajstić information content (AvgIpc) is 2.90. The number of ether oxygens (including phenoxy) is 2. The number of benzene rings is 3. The average molecular weight is 598 g/mol. The first kappa shape index (κ1) is 29.4. The van der Waals surface area contributed by atoms with Crippen molar-refractivity contribution in [3.8, 4) is 5.75 Å². The van der Waals surface area contributed by atoms with Crippen molar-refractivity contribution >= 4 is 44.9 Å². The standard InChI is InChI=1S/C28H24ClF4NO5S/c1-17(27-22(29)7-4-8-23(27)30)13-18-9-11-25-24(14-18)34(16-20(39-25)10-12-26(35)38-2)40(36,37)21-6-3-5-19(15-21)28(31,32)33/h3-9,11,13-15,20H,10,12,16H2,1-2H3/b17-13+. The maximum Gasteiger partial charge on any atom is 0.416 e. The molecule has 40 heavy (non-hydrogen) atoms. The van der Waals surface area contributed by atoms with Crippen molar-refractivity contribution in [2.24, 2.45) is 0 Å². The lowest BCUT2D eigenvalue weighted by Crippen LogP contribution is -2.43. The molecule has 1 aliphatic rings. The van der Waals surface area contributed by atoms with Crippen molar-refractivity contribution < 1.29 is 40.2 Å². The van der Waals surface area contributed by atoms with Crippen LogP contribution >= 0.6 is 11.6 Å². The van der Waals surface area contributed by atoms with Gasteiger partial charge in [-0.25, -0.2) is 12.8 Å². The molecule has 6 nitrogen and oxygen atoms in total. The van der Waals surface area contributed by atoms with E-state index >= 15 is 0 Å². The van der Waals surface area contributed by atoms with E-state index in [1.54, 1.807) is 19.1 Å². The number of halogens is 5. The number of hydrogen-bond acceptors (Lipinski definition) is 5. The van der Waals surface area contributed by atoms with Crippen LogP contribution in [0.2, 0.25) is 5.02 Å². The van der Waals surface area contributed by atoms with Crippen LogP contribution in [0, 0.1) is 5.82 Å². The first-order chi connectivity index (χ1) is 18.8. The van der Waals surface area contributed by atoms with Gasteiger partial charge in [-0.15, -0.1) is 0 Å². The third-order valence-electron chi connectivity index (χ3n) is 6.30. The molecule has 0 amide bonds. The Morgan fingerprint density at radius 2 is 1.88 bits per heavy atom. The third kappa shape index (κ3) is 6.26. The van der Waals surface area contributed by atoms with E-state index in [1.165, 1.54) is 37.4 Å². The highest BCUT2D eigenvalue weighted by atomic mass is 35.5. The number of nitrogens with zero attached hydrogens (tertiary/aromatic N) is 1.